The molecule has 0 amide bonds. The molecule has 0 aliphatic rings. The zero-order chi connectivity index (χ0) is 20.1. The molecule has 3 rings (SSSR count). The van der Waals surface area contributed by atoms with Crippen LogP contribution in [0.1, 0.15) is 11.1 Å². The smallest absolute Gasteiger partial charge is 0.252 e. The number of allylic oxidation sites excluding steroid dienone is 1. The van der Waals surface area contributed by atoms with Crippen LogP contribution in [0.4, 0.5) is 0 Å². The molecule has 1 heterocycles. The van der Waals surface area contributed by atoms with E-state index in [-0.39, 0.29) is 16.3 Å². The maximum Gasteiger partial charge on any atom is 0.376 e. The van der Waals surface area contributed by atoms with E-state index in [2.05, 4.69) is 5.10 Å². The van der Waals surface area contributed by atoms with Crippen LogP contribution in [0, 0.1) is 23.7 Å². The summed E-state index contributed by atoms with van der Waals surface area (Å²) in [6.45, 7) is 1.90. The van der Waals surface area contributed by atoms with E-state index in [1.165, 1.54) is 10.9 Å². The van der Waals surface area contributed by atoms with Gasteiger partial charge in [-0.15, -0.1) is 0 Å². The average Bonchev–Trinajstić information content (AvgIpc) is 2.70. The lowest BCUT2D eigenvalue weighted by Crippen LogP contribution is -2.37. The van der Waals surface area contributed by atoms with Gasteiger partial charge >= 0.3 is 5.70 Å². The van der Waals surface area contributed by atoms with Gasteiger partial charge in [0, 0.05) is 22.3 Å². The van der Waals surface area contributed by atoms with Gasteiger partial charge in [-0.05, 0) is 23.7 Å². The number of sulfone groups is 1. The number of hydrogen-bond donors (Lipinski definition) is 1. The summed E-state index contributed by atoms with van der Waals surface area (Å²) < 4.78 is 27.0. The fourth-order valence-corrected chi connectivity index (χ4v) is 4.05. The second-order valence-corrected chi connectivity index (χ2v) is 8.15. The van der Waals surface area contributed by atoms with Gasteiger partial charge in [-0.1, -0.05) is 48.0 Å². The van der Waals surface area contributed by atoms with Crippen LogP contribution in [-0.4, -0.2) is 19.4 Å². The molecule has 0 aliphatic heterocycles. The van der Waals surface area contributed by atoms with Crippen LogP contribution in [0.25, 0.3) is 17.0 Å². The number of rotatable bonds is 5. The van der Waals surface area contributed by atoms with Crippen LogP contribution in [0.15, 0.2) is 71.8 Å². The predicted octanol–water partition coefficient (Wildman–Crippen LogP) is 2.93. The van der Waals surface area contributed by atoms with Crippen LogP contribution in [0.2, 0.25) is 0 Å². The van der Waals surface area contributed by atoms with Gasteiger partial charge in [0.15, 0.2) is 15.9 Å². The third kappa shape index (κ3) is 4.04. The Morgan fingerprint density at radius 3 is 2.39 bits per heavy atom. The van der Waals surface area contributed by atoms with E-state index in [9.17, 15) is 8.42 Å². The van der Waals surface area contributed by atoms with Crippen molar-refractivity contribution in [3.63, 3.8) is 0 Å². The molecule has 0 bridgehead atoms. The SMILES string of the molecule is Cc1ccc(S(=O)(=O)Cc2cc[n+](C(=C=N)C#N)nc2-c2ccccc2)cc1. The molecule has 1 aromatic heterocycles. The van der Waals surface area contributed by atoms with Crippen LogP contribution >= 0.6 is 0 Å². The van der Waals surface area contributed by atoms with Crippen molar-refractivity contribution in [3.8, 4) is 17.3 Å². The van der Waals surface area contributed by atoms with E-state index >= 15 is 0 Å². The van der Waals surface area contributed by atoms with Crippen LogP contribution in [0.5, 0.6) is 0 Å². The molecular weight excluding hydrogens is 372 g/mol. The second-order valence-electron chi connectivity index (χ2n) is 6.16. The Morgan fingerprint density at radius 2 is 1.79 bits per heavy atom. The Morgan fingerprint density at radius 1 is 1.11 bits per heavy atom. The number of nitrogens with one attached hydrogen (secondary N) is 1. The van der Waals surface area contributed by atoms with Crippen molar-refractivity contribution in [1.82, 2.24) is 5.10 Å². The highest BCUT2D eigenvalue weighted by Crippen LogP contribution is 2.24. The van der Waals surface area contributed by atoms with Crippen molar-refractivity contribution in [2.45, 2.75) is 17.6 Å². The minimum absolute atomic E-state index is 0.0925. The van der Waals surface area contributed by atoms with E-state index in [4.69, 9.17) is 10.7 Å². The van der Waals surface area contributed by atoms with Gasteiger partial charge in [0.05, 0.1) is 16.5 Å². The maximum atomic E-state index is 12.9. The maximum absolute atomic E-state index is 12.9. The Labute approximate surface area is 163 Å². The highest BCUT2D eigenvalue weighted by molar-refractivity contribution is 7.90. The number of aryl methyl sites for hydroxylation is 1. The van der Waals surface area contributed by atoms with Gasteiger partial charge in [-0.25, -0.2) is 8.42 Å². The first-order valence-corrected chi connectivity index (χ1v) is 10.1. The van der Waals surface area contributed by atoms with E-state index in [1.54, 1.807) is 30.3 Å². The molecule has 0 atom stereocenters. The van der Waals surface area contributed by atoms with E-state index in [0.29, 0.717) is 16.8 Å². The molecule has 1 N–H and O–H groups in total. The number of hydrogen-bond acceptors (Lipinski definition) is 5. The molecule has 0 radical (unpaired) electrons. The summed E-state index contributed by atoms with van der Waals surface area (Å²) in [5.74, 6) is 1.80. The zero-order valence-electron chi connectivity index (χ0n) is 15.1. The molecule has 0 saturated heterocycles. The quantitative estimate of drug-likeness (QED) is 0.412. The van der Waals surface area contributed by atoms with Crippen molar-refractivity contribution >= 4 is 21.4 Å². The van der Waals surface area contributed by atoms with Crippen molar-refractivity contribution < 1.29 is 13.1 Å². The summed E-state index contributed by atoms with van der Waals surface area (Å²) in [6.07, 6.45) is 1.46. The molecule has 138 valence electrons. The number of nitrogens with zero attached hydrogens (tertiary/aromatic N) is 3. The van der Waals surface area contributed by atoms with Gasteiger partial charge in [0.1, 0.15) is 5.69 Å². The summed E-state index contributed by atoms with van der Waals surface area (Å²) in [5.41, 5.74) is 2.54. The highest BCUT2D eigenvalue weighted by atomic mass is 32.2. The van der Waals surface area contributed by atoms with Crippen molar-refractivity contribution in [3.05, 3.63) is 78.0 Å². The monoisotopic (exact) mass is 389 g/mol. The summed E-state index contributed by atoms with van der Waals surface area (Å²) >= 11 is 0. The molecule has 0 fully saturated rings. The lowest BCUT2D eigenvalue weighted by molar-refractivity contribution is -0.640. The van der Waals surface area contributed by atoms with Crippen molar-refractivity contribution in [1.29, 1.82) is 10.7 Å². The number of nitriles is 1. The summed E-state index contributed by atoms with van der Waals surface area (Å²) in [4.78, 5) is 0.242. The summed E-state index contributed by atoms with van der Waals surface area (Å²) in [7, 11) is -3.58. The third-order valence-corrected chi connectivity index (χ3v) is 5.84. The normalized spacial score (nSPS) is 10.7. The molecule has 3 aromatic rings. The van der Waals surface area contributed by atoms with Gasteiger partial charge in [0.2, 0.25) is 6.20 Å². The standard InChI is InChI=1S/C21H17N4O2S/c1-16-7-9-20(10-8-16)28(26,27)15-18-11-12-25(19(13-22)14-23)24-21(18)17-5-3-2-4-6-17/h2-12,22H,15H2,1H3/q+1. The third-order valence-electron chi connectivity index (χ3n) is 4.16. The largest absolute Gasteiger partial charge is 0.376 e. The molecule has 28 heavy (non-hydrogen) atoms. The van der Waals surface area contributed by atoms with Crippen LogP contribution in [0.3, 0.4) is 0 Å². The van der Waals surface area contributed by atoms with E-state index in [0.717, 1.165) is 5.56 Å². The Bertz CT molecular complexity index is 1210. The Balaban J connectivity index is 2.11. The lowest BCUT2D eigenvalue weighted by atomic mass is 10.1. The van der Waals surface area contributed by atoms with Gasteiger partial charge in [0.25, 0.3) is 0 Å². The summed E-state index contributed by atoms with van der Waals surface area (Å²) in [5, 5.41) is 20.8. The lowest BCUT2D eigenvalue weighted by Gasteiger charge is -2.08. The molecular formula is C21H17N4O2S+. The summed E-state index contributed by atoms with van der Waals surface area (Å²) in [6, 6.07) is 19.3. The fourth-order valence-electron chi connectivity index (χ4n) is 2.70. The first-order valence-electron chi connectivity index (χ1n) is 8.41. The molecule has 7 heteroatoms. The van der Waals surface area contributed by atoms with Gasteiger partial charge in [-0.3, -0.25) is 5.41 Å². The first-order chi connectivity index (χ1) is 13.4. The molecule has 0 saturated carbocycles. The van der Waals surface area contributed by atoms with Crippen molar-refractivity contribution in [2.75, 3.05) is 0 Å². The second kappa shape index (κ2) is 7.97. The van der Waals surface area contributed by atoms with Gasteiger partial charge in [-0.2, -0.15) is 5.26 Å². The van der Waals surface area contributed by atoms with Crippen LogP contribution in [-0.2, 0) is 15.6 Å². The number of aromatic nitrogens is 2. The zero-order valence-corrected chi connectivity index (χ0v) is 15.9. The van der Waals surface area contributed by atoms with Crippen molar-refractivity contribution in [2.24, 2.45) is 0 Å². The molecule has 0 aliphatic carbocycles. The Hall–Kier alpha value is -3.59. The average molecular weight is 389 g/mol. The van der Waals surface area contributed by atoms with Gasteiger partial charge < -0.3 is 0 Å². The molecule has 2 aromatic carbocycles. The number of benzene rings is 2. The fraction of sp³-hybridized carbons (Fsp3) is 0.0952. The highest BCUT2D eigenvalue weighted by Gasteiger charge is 2.23. The van der Waals surface area contributed by atoms with E-state index < -0.39 is 9.84 Å². The minimum Gasteiger partial charge on any atom is -0.252 e. The van der Waals surface area contributed by atoms with E-state index in [1.807, 2.05) is 49.2 Å². The predicted molar refractivity (Wildman–Crippen MR) is 105 cm³/mol. The minimum atomic E-state index is -3.58. The molecule has 6 nitrogen and oxygen atoms in total. The Kier molecular flexibility index (Phi) is 5.46. The first kappa shape index (κ1) is 19.2. The molecule has 0 unspecified atom stereocenters. The topological polar surface area (TPSA) is 98.5 Å². The molecule has 0 spiro atoms. The van der Waals surface area contributed by atoms with Crippen LogP contribution < -0.4 is 4.68 Å².